The van der Waals surface area contributed by atoms with Crippen molar-refractivity contribution in [1.82, 2.24) is 0 Å². The summed E-state index contributed by atoms with van der Waals surface area (Å²) in [5, 5.41) is 10.8. The van der Waals surface area contributed by atoms with Gasteiger partial charge >= 0.3 is 0 Å². The summed E-state index contributed by atoms with van der Waals surface area (Å²) in [6.07, 6.45) is 0.113. The van der Waals surface area contributed by atoms with Crippen LogP contribution in [-0.4, -0.2) is 5.11 Å². The van der Waals surface area contributed by atoms with Gasteiger partial charge in [0.15, 0.2) is 0 Å². The summed E-state index contributed by atoms with van der Waals surface area (Å²) in [5.74, 6) is 0. The summed E-state index contributed by atoms with van der Waals surface area (Å²) in [6, 6.07) is 15.5. The van der Waals surface area contributed by atoms with Gasteiger partial charge in [0, 0.05) is 11.4 Å². The van der Waals surface area contributed by atoms with Crippen LogP contribution >= 0.6 is 11.6 Å². The Morgan fingerprint density at radius 1 is 1.12 bits per heavy atom. The summed E-state index contributed by atoms with van der Waals surface area (Å²) in [5.41, 5.74) is 3.23. The second kappa shape index (κ2) is 5.35. The number of hydrogen-bond donors (Lipinski definition) is 1. The van der Waals surface area contributed by atoms with Gasteiger partial charge in [-0.25, -0.2) is 0 Å². The molecule has 0 aliphatic heterocycles. The maximum atomic E-state index is 10.2. The van der Waals surface area contributed by atoms with E-state index in [9.17, 15) is 5.11 Å². The molecule has 0 radical (unpaired) electrons. The van der Waals surface area contributed by atoms with Gasteiger partial charge in [-0.3, -0.25) is 0 Å². The Morgan fingerprint density at radius 2 is 1.88 bits per heavy atom. The molecule has 0 heterocycles. The molecule has 2 aromatic carbocycles. The molecule has 2 aromatic rings. The molecule has 17 heavy (non-hydrogen) atoms. The number of hydrogen-bond acceptors (Lipinski definition) is 1. The predicted octanol–water partition coefficient (Wildman–Crippen LogP) is 3.92. The minimum absolute atomic E-state index is 0.505. The molecule has 0 aliphatic carbocycles. The van der Waals surface area contributed by atoms with Crippen LogP contribution in [0.2, 0.25) is 5.02 Å². The molecule has 0 saturated heterocycles. The van der Waals surface area contributed by atoms with E-state index < -0.39 is 6.10 Å². The number of rotatable bonds is 3. The van der Waals surface area contributed by atoms with E-state index in [2.05, 4.69) is 13.0 Å². The molecular weight excluding hydrogens is 232 g/mol. The number of aliphatic hydroxyl groups is 1. The normalized spacial score (nSPS) is 12.4. The van der Waals surface area contributed by atoms with Crippen molar-refractivity contribution in [2.75, 3.05) is 0 Å². The number of benzene rings is 2. The van der Waals surface area contributed by atoms with Crippen molar-refractivity contribution in [3.05, 3.63) is 70.2 Å². The molecular formula is C15H15ClO. The summed E-state index contributed by atoms with van der Waals surface area (Å²) < 4.78 is 0. The number of halogens is 1. The van der Waals surface area contributed by atoms with Gasteiger partial charge in [0.2, 0.25) is 0 Å². The molecule has 0 amide bonds. The molecule has 0 spiro atoms. The van der Waals surface area contributed by atoms with E-state index in [-0.39, 0.29) is 0 Å². The van der Waals surface area contributed by atoms with Gasteiger partial charge in [0.25, 0.3) is 0 Å². The molecule has 1 nitrogen and oxygen atoms in total. The van der Waals surface area contributed by atoms with Crippen LogP contribution in [0.25, 0.3) is 0 Å². The van der Waals surface area contributed by atoms with Crippen molar-refractivity contribution >= 4 is 11.6 Å². The van der Waals surface area contributed by atoms with Crippen molar-refractivity contribution < 1.29 is 5.11 Å². The van der Waals surface area contributed by atoms with Crippen molar-refractivity contribution in [3.63, 3.8) is 0 Å². The van der Waals surface area contributed by atoms with Gasteiger partial charge in [0.05, 0.1) is 6.10 Å². The van der Waals surface area contributed by atoms with E-state index in [4.69, 9.17) is 11.6 Å². The highest BCUT2D eigenvalue weighted by molar-refractivity contribution is 6.30. The van der Waals surface area contributed by atoms with Gasteiger partial charge in [-0.15, -0.1) is 0 Å². The Kier molecular flexibility index (Phi) is 3.82. The van der Waals surface area contributed by atoms with Crippen LogP contribution in [0.3, 0.4) is 0 Å². The first-order chi connectivity index (χ1) is 8.16. The SMILES string of the molecule is Cc1ccccc1CC(O)c1cccc(Cl)c1. The van der Waals surface area contributed by atoms with Crippen LogP contribution in [0.5, 0.6) is 0 Å². The minimum atomic E-state index is -0.505. The zero-order chi connectivity index (χ0) is 12.3. The Morgan fingerprint density at radius 3 is 2.59 bits per heavy atom. The first kappa shape index (κ1) is 12.2. The topological polar surface area (TPSA) is 20.2 Å². The maximum Gasteiger partial charge on any atom is 0.0830 e. The minimum Gasteiger partial charge on any atom is -0.388 e. The van der Waals surface area contributed by atoms with Gasteiger partial charge in [0.1, 0.15) is 0 Å². The zero-order valence-electron chi connectivity index (χ0n) is 9.73. The fourth-order valence-corrected chi connectivity index (χ4v) is 2.08. The van der Waals surface area contributed by atoms with Crippen LogP contribution in [0.15, 0.2) is 48.5 Å². The largest absolute Gasteiger partial charge is 0.388 e. The second-order valence-electron chi connectivity index (χ2n) is 4.20. The third-order valence-corrected chi connectivity index (χ3v) is 3.14. The van der Waals surface area contributed by atoms with Gasteiger partial charge < -0.3 is 5.11 Å². The summed E-state index contributed by atoms with van der Waals surface area (Å²) in [6.45, 7) is 2.06. The maximum absolute atomic E-state index is 10.2. The number of aryl methyl sites for hydroxylation is 1. The highest BCUT2D eigenvalue weighted by Gasteiger charge is 2.10. The monoisotopic (exact) mass is 246 g/mol. The first-order valence-corrected chi connectivity index (χ1v) is 6.02. The molecule has 0 aromatic heterocycles. The van der Waals surface area contributed by atoms with Crippen LogP contribution in [0.4, 0.5) is 0 Å². The molecule has 1 N–H and O–H groups in total. The van der Waals surface area contributed by atoms with Crippen molar-refractivity contribution in [1.29, 1.82) is 0 Å². The Balaban J connectivity index is 2.17. The first-order valence-electron chi connectivity index (χ1n) is 5.65. The van der Waals surface area contributed by atoms with Crippen molar-refractivity contribution in [2.45, 2.75) is 19.4 Å². The predicted molar refractivity (Wildman–Crippen MR) is 71.3 cm³/mol. The fourth-order valence-electron chi connectivity index (χ4n) is 1.88. The fraction of sp³-hybridized carbons (Fsp3) is 0.200. The van der Waals surface area contributed by atoms with Gasteiger partial charge in [-0.1, -0.05) is 48.0 Å². The zero-order valence-corrected chi connectivity index (χ0v) is 10.5. The molecule has 1 unspecified atom stereocenters. The van der Waals surface area contributed by atoms with E-state index in [1.165, 1.54) is 11.1 Å². The van der Waals surface area contributed by atoms with E-state index in [1.54, 1.807) is 0 Å². The molecule has 0 aliphatic rings. The molecule has 0 bridgehead atoms. The summed E-state index contributed by atoms with van der Waals surface area (Å²) in [4.78, 5) is 0. The quantitative estimate of drug-likeness (QED) is 0.870. The van der Waals surface area contributed by atoms with E-state index in [0.29, 0.717) is 11.4 Å². The molecule has 0 saturated carbocycles. The lowest BCUT2D eigenvalue weighted by Gasteiger charge is -2.13. The van der Waals surface area contributed by atoms with Crippen molar-refractivity contribution in [2.24, 2.45) is 0 Å². The summed E-state index contributed by atoms with van der Waals surface area (Å²) in [7, 11) is 0. The third-order valence-electron chi connectivity index (χ3n) is 2.91. The van der Waals surface area contributed by atoms with Gasteiger partial charge in [-0.2, -0.15) is 0 Å². The van der Waals surface area contributed by atoms with E-state index in [1.807, 2.05) is 42.5 Å². The lowest BCUT2D eigenvalue weighted by atomic mass is 9.98. The van der Waals surface area contributed by atoms with E-state index in [0.717, 1.165) is 5.56 Å². The Hall–Kier alpha value is -1.31. The standard InChI is InChI=1S/C15H15ClO/c1-11-5-2-3-6-12(11)10-15(17)13-7-4-8-14(16)9-13/h2-9,15,17H,10H2,1H3. The van der Waals surface area contributed by atoms with Crippen LogP contribution in [0.1, 0.15) is 22.8 Å². The van der Waals surface area contributed by atoms with Gasteiger partial charge in [-0.05, 0) is 35.7 Å². The molecule has 88 valence electrons. The highest BCUT2D eigenvalue weighted by Crippen LogP contribution is 2.22. The highest BCUT2D eigenvalue weighted by atomic mass is 35.5. The Labute approximate surface area is 107 Å². The lowest BCUT2D eigenvalue weighted by molar-refractivity contribution is 0.178. The average Bonchev–Trinajstić information content (AvgIpc) is 2.32. The van der Waals surface area contributed by atoms with Crippen LogP contribution in [-0.2, 0) is 6.42 Å². The lowest BCUT2D eigenvalue weighted by Crippen LogP contribution is -2.02. The summed E-state index contributed by atoms with van der Waals surface area (Å²) >= 11 is 5.91. The second-order valence-corrected chi connectivity index (χ2v) is 4.64. The number of aliphatic hydroxyl groups excluding tert-OH is 1. The van der Waals surface area contributed by atoms with E-state index >= 15 is 0 Å². The van der Waals surface area contributed by atoms with Crippen LogP contribution < -0.4 is 0 Å². The smallest absolute Gasteiger partial charge is 0.0830 e. The third kappa shape index (κ3) is 3.09. The Bertz CT molecular complexity index is 508. The van der Waals surface area contributed by atoms with Crippen LogP contribution in [0, 0.1) is 6.92 Å². The molecule has 1 atom stereocenters. The molecule has 2 rings (SSSR count). The molecule has 0 fully saturated rings. The average molecular weight is 247 g/mol. The molecule has 2 heteroatoms. The van der Waals surface area contributed by atoms with Crippen molar-refractivity contribution in [3.8, 4) is 0 Å².